The van der Waals surface area contributed by atoms with Crippen LogP contribution in [0.2, 0.25) is 0 Å². The molecule has 6 heteroatoms. The van der Waals surface area contributed by atoms with E-state index in [0.29, 0.717) is 31.9 Å². The summed E-state index contributed by atoms with van der Waals surface area (Å²) in [4.78, 5) is 4.64. The fourth-order valence-corrected chi connectivity index (χ4v) is 7.15. The molecule has 0 spiro atoms. The highest BCUT2D eigenvalue weighted by Crippen LogP contribution is 2.22. The lowest BCUT2D eigenvalue weighted by atomic mass is 10.0. The number of nitrogens with zero attached hydrogens (tertiary/aromatic N) is 2. The highest BCUT2D eigenvalue weighted by Gasteiger charge is 2.42. The molecule has 33 heavy (non-hydrogen) atoms. The van der Waals surface area contributed by atoms with Gasteiger partial charge in [0.25, 0.3) is 0 Å². The van der Waals surface area contributed by atoms with Crippen LogP contribution in [0.15, 0.2) is 12.4 Å². The Morgan fingerprint density at radius 2 is 1.18 bits per heavy atom. The van der Waals surface area contributed by atoms with Crippen LogP contribution in [0, 0.1) is 0 Å². The van der Waals surface area contributed by atoms with Gasteiger partial charge in [0.05, 0.1) is 6.04 Å². The number of hydrogen-bond donors (Lipinski definition) is 0. The van der Waals surface area contributed by atoms with Crippen LogP contribution in [0.4, 0.5) is 0 Å². The Morgan fingerprint density at radius 3 is 1.64 bits per heavy atom. The van der Waals surface area contributed by atoms with Crippen molar-refractivity contribution in [3.8, 4) is 0 Å². The SMILES string of the molecule is CCCCCCCCCCCCCCCC(C)n1ccnc1C[Si](OCC)(OCC)OCC. The summed E-state index contributed by atoms with van der Waals surface area (Å²) in [6, 6.07) is 1.07. The molecule has 0 bridgehead atoms. The highest BCUT2D eigenvalue weighted by atomic mass is 28.4. The molecule has 1 aromatic heterocycles. The number of rotatable bonds is 23. The standard InChI is InChI=1S/C27H54N2O3Si/c1-6-10-11-12-13-14-15-16-17-18-19-20-21-22-26(5)29-24-23-28-27(29)25-33(30-7-2,31-8-3)32-9-4/h23-24,26H,6-22,25H2,1-5H3. The van der Waals surface area contributed by atoms with Crippen LogP contribution in [-0.2, 0) is 19.3 Å². The Bertz CT molecular complexity index is 550. The molecular weight excluding hydrogens is 428 g/mol. The maximum absolute atomic E-state index is 6.04. The van der Waals surface area contributed by atoms with Gasteiger partial charge in [-0.3, -0.25) is 0 Å². The largest absolute Gasteiger partial charge is 0.508 e. The maximum atomic E-state index is 6.04. The normalized spacial score (nSPS) is 13.0. The molecule has 0 saturated heterocycles. The van der Waals surface area contributed by atoms with Crippen molar-refractivity contribution in [1.82, 2.24) is 9.55 Å². The molecule has 1 rings (SSSR count). The van der Waals surface area contributed by atoms with Gasteiger partial charge in [-0.25, -0.2) is 4.98 Å². The Balaban J connectivity index is 2.27. The lowest BCUT2D eigenvalue weighted by molar-refractivity contribution is 0.0694. The topological polar surface area (TPSA) is 45.5 Å². The van der Waals surface area contributed by atoms with E-state index in [9.17, 15) is 0 Å². The second kappa shape index (κ2) is 19.6. The summed E-state index contributed by atoms with van der Waals surface area (Å²) >= 11 is 0. The van der Waals surface area contributed by atoms with Crippen molar-refractivity contribution < 1.29 is 13.3 Å². The average Bonchev–Trinajstić information content (AvgIpc) is 3.25. The van der Waals surface area contributed by atoms with E-state index in [2.05, 4.69) is 29.6 Å². The van der Waals surface area contributed by atoms with Crippen LogP contribution in [0.5, 0.6) is 0 Å². The Hall–Kier alpha value is -0.693. The van der Waals surface area contributed by atoms with Gasteiger partial charge in [0.15, 0.2) is 0 Å². The lowest BCUT2D eigenvalue weighted by Crippen LogP contribution is -2.49. The minimum Gasteiger partial charge on any atom is -0.373 e. The predicted octanol–water partition coefficient (Wildman–Crippen LogP) is 8.06. The molecule has 0 fully saturated rings. The molecule has 0 aliphatic rings. The second-order valence-electron chi connectivity index (χ2n) is 9.29. The van der Waals surface area contributed by atoms with E-state index in [1.807, 2.05) is 27.0 Å². The minimum absolute atomic E-state index is 0.437. The van der Waals surface area contributed by atoms with Crippen molar-refractivity contribution in [3.05, 3.63) is 18.2 Å². The number of aromatic nitrogens is 2. The van der Waals surface area contributed by atoms with Crippen LogP contribution < -0.4 is 0 Å². The fraction of sp³-hybridized carbons (Fsp3) is 0.889. The van der Waals surface area contributed by atoms with Crippen LogP contribution in [0.3, 0.4) is 0 Å². The van der Waals surface area contributed by atoms with Crippen molar-refractivity contribution >= 4 is 8.80 Å². The summed E-state index contributed by atoms with van der Waals surface area (Å²) in [7, 11) is -2.73. The first-order chi connectivity index (χ1) is 16.1. The van der Waals surface area contributed by atoms with E-state index in [1.165, 1.54) is 89.9 Å². The fourth-order valence-electron chi connectivity index (χ4n) is 4.61. The summed E-state index contributed by atoms with van der Waals surface area (Å²) in [5.74, 6) is 1.03. The predicted molar refractivity (Wildman–Crippen MR) is 142 cm³/mol. The van der Waals surface area contributed by atoms with Gasteiger partial charge in [-0.05, 0) is 34.1 Å². The molecule has 194 valence electrons. The van der Waals surface area contributed by atoms with Crippen LogP contribution in [0.25, 0.3) is 0 Å². The molecule has 1 atom stereocenters. The summed E-state index contributed by atoms with van der Waals surface area (Å²) in [6.07, 6.45) is 23.4. The van der Waals surface area contributed by atoms with Crippen LogP contribution >= 0.6 is 0 Å². The smallest absolute Gasteiger partial charge is 0.373 e. The van der Waals surface area contributed by atoms with Crippen LogP contribution in [0.1, 0.15) is 136 Å². The summed E-state index contributed by atoms with van der Waals surface area (Å²) < 4.78 is 20.4. The van der Waals surface area contributed by atoms with E-state index >= 15 is 0 Å². The minimum atomic E-state index is -2.73. The van der Waals surface area contributed by atoms with Crippen LogP contribution in [-0.4, -0.2) is 38.2 Å². The van der Waals surface area contributed by atoms with Gasteiger partial charge in [0, 0.05) is 38.3 Å². The average molecular weight is 483 g/mol. The van der Waals surface area contributed by atoms with E-state index in [0.717, 1.165) is 5.82 Å². The molecule has 0 aliphatic heterocycles. The van der Waals surface area contributed by atoms with Crippen molar-refractivity contribution in [1.29, 1.82) is 0 Å². The van der Waals surface area contributed by atoms with E-state index in [-0.39, 0.29) is 0 Å². The van der Waals surface area contributed by atoms with Gasteiger partial charge < -0.3 is 17.8 Å². The number of hydrogen-bond acceptors (Lipinski definition) is 4. The number of unbranched alkanes of at least 4 members (excludes halogenated alkanes) is 12. The molecule has 0 N–H and O–H groups in total. The summed E-state index contributed by atoms with van der Waals surface area (Å²) in [6.45, 7) is 12.4. The molecule has 0 saturated carbocycles. The van der Waals surface area contributed by atoms with E-state index in [4.69, 9.17) is 13.3 Å². The van der Waals surface area contributed by atoms with Gasteiger partial charge in [0.1, 0.15) is 5.82 Å². The number of imidazole rings is 1. The van der Waals surface area contributed by atoms with Crippen molar-refractivity contribution in [3.63, 3.8) is 0 Å². The zero-order chi connectivity index (χ0) is 24.2. The second-order valence-corrected chi connectivity index (χ2v) is 11.9. The van der Waals surface area contributed by atoms with Crippen molar-refractivity contribution in [2.75, 3.05) is 19.8 Å². The molecule has 5 nitrogen and oxygen atoms in total. The maximum Gasteiger partial charge on any atom is 0.508 e. The van der Waals surface area contributed by atoms with Gasteiger partial charge >= 0.3 is 8.80 Å². The van der Waals surface area contributed by atoms with E-state index in [1.54, 1.807) is 0 Å². The summed E-state index contributed by atoms with van der Waals surface area (Å²) in [5.41, 5.74) is 0. The van der Waals surface area contributed by atoms with Gasteiger partial charge in [-0.1, -0.05) is 90.4 Å². The van der Waals surface area contributed by atoms with Gasteiger partial charge in [-0.2, -0.15) is 0 Å². The molecule has 1 heterocycles. The first-order valence-electron chi connectivity index (χ1n) is 14.1. The van der Waals surface area contributed by atoms with Gasteiger partial charge in [0.2, 0.25) is 0 Å². The highest BCUT2D eigenvalue weighted by molar-refractivity contribution is 6.60. The zero-order valence-corrected chi connectivity index (χ0v) is 23.6. The van der Waals surface area contributed by atoms with Crippen molar-refractivity contribution in [2.24, 2.45) is 0 Å². The molecule has 0 aliphatic carbocycles. The molecule has 0 aromatic carbocycles. The molecule has 0 radical (unpaired) electrons. The monoisotopic (exact) mass is 482 g/mol. The Kier molecular flexibility index (Phi) is 18.0. The lowest BCUT2D eigenvalue weighted by Gasteiger charge is -2.29. The molecular formula is C27H54N2O3Si. The quantitative estimate of drug-likeness (QED) is 0.117. The first-order valence-corrected chi connectivity index (χ1v) is 16.0. The van der Waals surface area contributed by atoms with Crippen molar-refractivity contribution in [2.45, 2.75) is 137 Å². The third kappa shape index (κ3) is 13.1. The first kappa shape index (κ1) is 30.3. The summed E-state index contributed by atoms with van der Waals surface area (Å²) in [5, 5.41) is 0. The van der Waals surface area contributed by atoms with E-state index < -0.39 is 8.80 Å². The zero-order valence-electron chi connectivity index (χ0n) is 22.6. The third-order valence-corrected chi connectivity index (χ3v) is 9.35. The Labute approximate surface area is 206 Å². The third-order valence-electron chi connectivity index (χ3n) is 6.42. The Morgan fingerprint density at radius 1 is 0.727 bits per heavy atom. The molecule has 0 amide bonds. The molecule has 1 unspecified atom stereocenters. The van der Waals surface area contributed by atoms with Gasteiger partial charge in [-0.15, -0.1) is 0 Å². The molecule has 1 aromatic rings.